The Hall–Kier alpha value is -1.39. The van der Waals surface area contributed by atoms with E-state index in [-0.39, 0.29) is 0 Å². The van der Waals surface area contributed by atoms with E-state index < -0.39 is 0 Å². The number of anilines is 1. The molecule has 0 bridgehead atoms. The maximum Gasteiger partial charge on any atom is 0.175 e. The fraction of sp³-hybridized carbons (Fsp3) is 0.476. The van der Waals surface area contributed by atoms with E-state index in [9.17, 15) is 0 Å². The van der Waals surface area contributed by atoms with Crippen molar-refractivity contribution >= 4 is 51.3 Å². The zero-order chi connectivity index (χ0) is 20.4. The molecule has 0 fully saturated rings. The molecule has 3 aromatic rings. The zero-order valence-corrected chi connectivity index (χ0v) is 19.9. The van der Waals surface area contributed by atoms with Crippen LogP contribution in [-0.2, 0) is 19.4 Å². The summed E-state index contributed by atoms with van der Waals surface area (Å²) in [5.41, 5.74) is 10.6. The summed E-state index contributed by atoms with van der Waals surface area (Å²) in [5, 5.41) is 4.46. The molecular weight excluding hydrogens is 495 g/mol. The number of benzene rings is 1. The van der Waals surface area contributed by atoms with Gasteiger partial charge in [0.15, 0.2) is 22.1 Å². The number of nitrogens with zero attached hydrogens (tertiary/aromatic N) is 4. The Kier molecular flexibility index (Phi) is 6.60. The van der Waals surface area contributed by atoms with E-state index in [1.807, 2.05) is 0 Å². The van der Waals surface area contributed by atoms with Crippen LogP contribution in [0.2, 0.25) is 0 Å². The Morgan fingerprint density at radius 1 is 1.21 bits per heavy atom. The molecule has 0 radical (unpaired) electrons. The second-order valence-electron chi connectivity index (χ2n) is 7.92. The SMILES string of the molecule is CC(C)CCNCCn1c(Sc2cc3c(cc2I)CCC3)nc2c(N)ncnc21. The van der Waals surface area contributed by atoms with Crippen LogP contribution in [0.25, 0.3) is 11.2 Å². The first-order valence-corrected chi connectivity index (χ1v) is 12.1. The summed E-state index contributed by atoms with van der Waals surface area (Å²) in [6, 6.07) is 4.67. The lowest BCUT2D eigenvalue weighted by Gasteiger charge is -2.12. The van der Waals surface area contributed by atoms with Crippen molar-refractivity contribution in [2.75, 3.05) is 18.8 Å². The molecule has 0 amide bonds. The molecule has 6 nitrogen and oxygen atoms in total. The lowest BCUT2D eigenvalue weighted by Crippen LogP contribution is -2.22. The van der Waals surface area contributed by atoms with E-state index >= 15 is 0 Å². The van der Waals surface area contributed by atoms with Gasteiger partial charge in [0.05, 0.1) is 0 Å². The largest absolute Gasteiger partial charge is 0.382 e. The Bertz CT molecular complexity index is 1020. The maximum absolute atomic E-state index is 6.09. The molecule has 0 unspecified atom stereocenters. The molecule has 8 heteroatoms. The quantitative estimate of drug-likeness (QED) is 0.340. The zero-order valence-electron chi connectivity index (χ0n) is 16.9. The summed E-state index contributed by atoms with van der Waals surface area (Å²) >= 11 is 4.14. The summed E-state index contributed by atoms with van der Waals surface area (Å²) in [6.07, 6.45) is 6.33. The highest BCUT2D eigenvalue weighted by molar-refractivity contribution is 14.1. The predicted molar refractivity (Wildman–Crippen MR) is 127 cm³/mol. The van der Waals surface area contributed by atoms with Crippen molar-refractivity contribution in [3.8, 4) is 0 Å². The molecule has 1 aliphatic carbocycles. The van der Waals surface area contributed by atoms with Gasteiger partial charge in [0.25, 0.3) is 0 Å². The van der Waals surface area contributed by atoms with Gasteiger partial charge in [0.2, 0.25) is 0 Å². The molecule has 2 heterocycles. The van der Waals surface area contributed by atoms with Crippen LogP contribution < -0.4 is 11.1 Å². The smallest absolute Gasteiger partial charge is 0.175 e. The van der Waals surface area contributed by atoms with E-state index in [1.165, 1.54) is 51.6 Å². The fourth-order valence-corrected chi connectivity index (χ4v) is 5.51. The molecular formula is C21H27IN6S. The lowest BCUT2D eigenvalue weighted by atomic mass is 10.1. The Balaban J connectivity index is 1.60. The average Bonchev–Trinajstić information content (AvgIpc) is 3.27. The van der Waals surface area contributed by atoms with Gasteiger partial charge in [-0.15, -0.1) is 0 Å². The summed E-state index contributed by atoms with van der Waals surface area (Å²) in [5.74, 6) is 1.14. The number of imidazole rings is 1. The molecule has 0 aliphatic heterocycles. The Morgan fingerprint density at radius 2 is 2.00 bits per heavy atom. The van der Waals surface area contributed by atoms with Gasteiger partial charge in [-0.25, -0.2) is 15.0 Å². The van der Waals surface area contributed by atoms with Gasteiger partial charge in [-0.3, -0.25) is 0 Å². The van der Waals surface area contributed by atoms with Gasteiger partial charge in [-0.05, 0) is 84.0 Å². The van der Waals surface area contributed by atoms with E-state index in [2.05, 4.69) is 68.4 Å². The summed E-state index contributed by atoms with van der Waals surface area (Å²) in [7, 11) is 0. The number of hydrogen-bond donors (Lipinski definition) is 2. The predicted octanol–water partition coefficient (Wildman–Crippen LogP) is 4.29. The minimum Gasteiger partial charge on any atom is -0.382 e. The summed E-state index contributed by atoms with van der Waals surface area (Å²) in [4.78, 5) is 14.7. The Labute approximate surface area is 189 Å². The molecule has 0 spiro atoms. The molecule has 29 heavy (non-hydrogen) atoms. The third-order valence-electron chi connectivity index (χ3n) is 5.28. The monoisotopic (exact) mass is 522 g/mol. The van der Waals surface area contributed by atoms with Crippen LogP contribution in [0.5, 0.6) is 0 Å². The molecule has 0 saturated carbocycles. The number of rotatable bonds is 8. The standard InChI is InChI=1S/C21H27IN6S/c1-13(2)6-7-24-8-9-28-20-18(19(23)25-12-26-20)27-21(28)29-17-11-15-5-3-4-14(15)10-16(17)22/h10-13,24H,3-9H2,1-2H3,(H2,23,25,26). The number of aromatic nitrogens is 4. The second-order valence-corrected chi connectivity index (χ2v) is 10.1. The van der Waals surface area contributed by atoms with E-state index in [4.69, 9.17) is 10.7 Å². The normalized spacial score (nSPS) is 13.5. The number of aryl methyl sites for hydroxylation is 2. The van der Waals surface area contributed by atoms with Crippen LogP contribution in [0.1, 0.15) is 37.8 Å². The summed E-state index contributed by atoms with van der Waals surface area (Å²) in [6.45, 7) is 7.19. The van der Waals surface area contributed by atoms with Crippen LogP contribution in [0.15, 0.2) is 28.5 Å². The number of fused-ring (bicyclic) bond motifs is 2. The van der Waals surface area contributed by atoms with Crippen molar-refractivity contribution < 1.29 is 0 Å². The highest BCUT2D eigenvalue weighted by Gasteiger charge is 2.19. The molecule has 0 atom stereocenters. The summed E-state index contributed by atoms with van der Waals surface area (Å²) < 4.78 is 3.45. The van der Waals surface area contributed by atoms with Crippen LogP contribution in [0, 0.1) is 9.49 Å². The molecule has 154 valence electrons. The maximum atomic E-state index is 6.09. The number of nitrogen functional groups attached to an aromatic ring is 1. The van der Waals surface area contributed by atoms with E-state index in [0.29, 0.717) is 17.3 Å². The molecule has 0 saturated heterocycles. The first-order valence-electron chi connectivity index (χ1n) is 10.2. The topological polar surface area (TPSA) is 81.7 Å². The van der Waals surface area contributed by atoms with Crippen molar-refractivity contribution in [2.24, 2.45) is 5.92 Å². The van der Waals surface area contributed by atoms with Crippen molar-refractivity contribution in [3.63, 3.8) is 0 Å². The number of nitrogens with two attached hydrogens (primary N) is 1. The van der Waals surface area contributed by atoms with Crippen LogP contribution in [0.4, 0.5) is 5.82 Å². The second kappa shape index (κ2) is 9.18. The van der Waals surface area contributed by atoms with Gasteiger partial charge in [0, 0.05) is 21.6 Å². The highest BCUT2D eigenvalue weighted by Crippen LogP contribution is 2.36. The van der Waals surface area contributed by atoms with Crippen molar-refractivity contribution in [1.82, 2.24) is 24.8 Å². The van der Waals surface area contributed by atoms with Gasteiger partial charge >= 0.3 is 0 Å². The minimum atomic E-state index is 0.437. The lowest BCUT2D eigenvalue weighted by molar-refractivity contribution is 0.513. The van der Waals surface area contributed by atoms with Crippen molar-refractivity contribution in [2.45, 2.75) is 56.1 Å². The molecule has 3 N–H and O–H groups in total. The third kappa shape index (κ3) is 4.69. The molecule has 1 aliphatic rings. The molecule has 2 aromatic heterocycles. The fourth-order valence-electron chi connectivity index (χ4n) is 3.67. The highest BCUT2D eigenvalue weighted by atomic mass is 127. The van der Waals surface area contributed by atoms with Crippen LogP contribution in [0.3, 0.4) is 0 Å². The van der Waals surface area contributed by atoms with E-state index in [0.717, 1.165) is 30.4 Å². The third-order valence-corrected chi connectivity index (χ3v) is 7.59. The van der Waals surface area contributed by atoms with Gasteiger partial charge < -0.3 is 15.6 Å². The molecule has 1 aromatic carbocycles. The first-order chi connectivity index (χ1) is 14.0. The van der Waals surface area contributed by atoms with E-state index in [1.54, 1.807) is 11.8 Å². The van der Waals surface area contributed by atoms with Crippen LogP contribution >= 0.6 is 34.4 Å². The van der Waals surface area contributed by atoms with Crippen LogP contribution in [-0.4, -0.2) is 32.6 Å². The first kappa shape index (κ1) is 20.9. The number of nitrogens with one attached hydrogen (secondary N) is 1. The Morgan fingerprint density at radius 3 is 2.79 bits per heavy atom. The van der Waals surface area contributed by atoms with Gasteiger partial charge in [-0.1, -0.05) is 25.6 Å². The van der Waals surface area contributed by atoms with Gasteiger partial charge in [0.1, 0.15) is 6.33 Å². The minimum absolute atomic E-state index is 0.437. The van der Waals surface area contributed by atoms with Crippen molar-refractivity contribution in [3.05, 3.63) is 33.2 Å². The number of hydrogen-bond acceptors (Lipinski definition) is 6. The number of halogens is 1. The average molecular weight is 522 g/mol. The van der Waals surface area contributed by atoms with Crippen molar-refractivity contribution in [1.29, 1.82) is 0 Å². The van der Waals surface area contributed by atoms with Gasteiger partial charge in [-0.2, -0.15) is 0 Å². The molecule has 4 rings (SSSR count).